The van der Waals surface area contributed by atoms with Gasteiger partial charge in [0.15, 0.2) is 0 Å². The number of nitrogens with zero attached hydrogens (tertiary/aromatic N) is 2. The third-order valence-electron chi connectivity index (χ3n) is 7.58. The number of nitrogens with two attached hydrogens (primary N) is 3. The van der Waals surface area contributed by atoms with Crippen molar-refractivity contribution in [1.82, 2.24) is 10.3 Å². The monoisotopic (exact) mass is 676 g/mol. The molecule has 8 N–H and O–H groups in total. The van der Waals surface area contributed by atoms with Crippen LogP contribution < -0.4 is 27.8 Å². The van der Waals surface area contributed by atoms with Crippen LogP contribution in [0.3, 0.4) is 0 Å². The fourth-order valence-corrected chi connectivity index (χ4v) is 5.27. The van der Waals surface area contributed by atoms with Crippen LogP contribution in [0.1, 0.15) is 29.5 Å². The molecule has 9 nitrogen and oxygen atoms in total. The highest BCUT2D eigenvalue weighted by Crippen LogP contribution is 2.37. The Labute approximate surface area is 267 Å². The topological polar surface area (TPSA) is 149 Å². The summed E-state index contributed by atoms with van der Waals surface area (Å²) in [5.41, 5.74) is 16.1. The molecule has 0 aliphatic rings. The van der Waals surface area contributed by atoms with E-state index in [0.717, 1.165) is 24.3 Å². The van der Waals surface area contributed by atoms with Gasteiger partial charge in [0.25, 0.3) is 0 Å². The number of pyridine rings is 1. The van der Waals surface area contributed by atoms with E-state index in [1.54, 1.807) is 0 Å². The minimum atomic E-state index is -4.73. The Morgan fingerprint density at radius 2 is 1.57 bits per heavy atom. The summed E-state index contributed by atoms with van der Waals surface area (Å²) in [5.74, 6) is -1.46. The number of alkyl halides is 6. The molecule has 252 valence electrons. The summed E-state index contributed by atoms with van der Waals surface area (Å²) >= 11 is 5.77. The Bertz CT molecular complexity index is 1500. The Morgan fingerprint density at radius 1 is 0.935 bits per heavy atom. The van der Waals surface area contributed by atoms with E-state index in [4.69, 9.17) is 28.8 Å². The van der Waals surface area contributed by atoms with Crippen molar-refractivity contribution >= 4 is 40.0 Å². The van der Waals surface area contributed by atoms with Crippen molar-refractivity contribution in [3.63, 3.8) is 0 Å². The molecule has 0 radical (unpaired) electrons. The van der Waals surface area contributed by atoms with Crippen LogP contribution in [0.25, 0.3) is 10.9 Å². The van der Waals surface area contributed by atoms with E-state index in [-0.39, 0.29) is 29.4 Å². The largest absolute Gasteiger partial charge is 0.417 e. The number of quaternary nitrogens is 1. The number of amides is 2. The van der Waals surface area contributed by atoms with Gasteiger partial charge < -0.3 is 32.3 Å². The van der Waals surface area contributed by atoms with Gasteiger partial charge in [-0.15, -0.1) is 0 Å². The van der Waals surface area contributed by atoms with Crippen LogP contribution in [0.5, 0.6) is 0 Å². The average molecular weight is 677 g/mol. The van der Waals surface area contributed by atoms with Crippen molar-refractivity contribution in [3.8, 4) is 0 Å². The number of carbonyl (C=O) groups excluding carboxylic acids is 2. The van der Waals surface area contributed by atoms with Crippen molar-refractivity contribution in [2.24, 2.45) is 17.2 Å². The summed E-state index contributed by atoms with van der Waals surface area (Å²) in [6, 6.07) is 4.86. The molecular weight excluding hydrogens is 640 g/mol. The molecular formula is C30H37ClF6N7O2+. The Kier molecular flexibility index (Phi) is 12.4. The number of carbonyl (C=O) groups is 2. The fourth-order valence-electron chi connectivity index (χ4n) is 5.00. The van der Waals surface area contributed by atoms with E-state index in [2.05, 4.69) is 15.6 Å². The van der Waals surface area contributed by atoms with E-state index in [9.17, 15) is 35.9 Å². The van der Waals surface area contributed by atoms with Crippen molar-refractivity contribution < 1.29 is 40.4 Å². The molecule has 0 bridgehead atoms. The molecule has 1 heterocycles. The molecule has 2 amide bonds. The summed E-state index contributed by atoms with van der Waals surface area (Å²) in [7, 11) is 2.00. The number of rotatable bonds is 14. The predicted molar refractivity (Wildman–Crippen MR) is 164 cm³/mol. The van der Waals surface area contributed by atoms with Crippen LogP contribution >= 0.6 is 11.6 Å². The lowest BCUT2D eigenvalue weighted by atomic mass is 10.0. The summed E-state index contributed by atoms with van der Waals surface area (Å²) in [5, 5.41) is 4.59. The molecule has 0 saturated heterocycles. The summed E-state index contributed by atoms with van der Waals surface area (Å²) in [6.45, 7) is 2.92. The highest BCUT2D eigenvalue weighted by Gasteiger charge is 2.34. The van der Waals surface area contributed by atoms with Crippen LogP contribution in [0.2, 0.25) is 5.02 Å². The number of benzene rings is 2. The van der Waals surface area contributed by atoms with Gasteiger partial charge in [0.05, 0.1) is 66.3 Å². The molecule has 0 saturated carbocycles. The fraction of sp³-hybridized carbons (Fsp3) is 0.433. The maximum atomic E-state index is 13.4. The Morgan fingerprint density at radius 3 is 2.13 bits per heavy atom. The molecule has 3 rings (SSSR count). The van der Waals surface area contributed by atoms with E-state index in [0.29, 0.717) is 49.2 Å². The molecule has 0 spiro atoms. The number of fused-ring (bicyclic) bond motifs is 1. The van der Waals surface area contributed by atoms with E-state index in [1.165, 1.54) is 24.4 Å². The number of aromatic nitrogens is 1. The van der Waals surface area contributed by atoms with E-state index in [1.807, 2.05) is 7.05 Å². The van der Waals surface area contributed by atoms with Gasteiger partial charge in [-0.3, -0.25) is 14.6 Å². The molecule has 3 aromatic rings. The van der Waals surface area contributed by atoms with Crippen LogP contribution in [0.4, 0.5) is 32.0 Å². The van der Waals surface area contributed by atoms with Gasteiger partial charge in [0.1, 0.15) is 6.04 Å². The standard InChI is InChI=1S/C30H36ClF6N7O2/c1-44(11-8-38,12-9-39)10-2-3-24(40)27(45)43-26(13-18-4-6-20(7-5-18)29(32,33)34)28(46)42-21-14-19-15-22(30(35,36)37)23(31)16-25(19)41-17-21/h4-7,14-17,24,26H,2-3,8-13,38-40H2,1H3,(H-,42,43,45,46)/p+1/t24-,26+/m0/s1. The number of nitrogens with one attached hydrogen (secondary N) is 2. The smallest absolute Gasteiger partial charge is 0.343 e. The average Bonchev–Trinajstić information content (AvgIpc) is 2.96. The number of likely N-dealkylation sites (N-methyl/N-ethyl adjacent to an activating group) is 1. The lowest BCUT2D eigenvalue weighted by molar-refractivity contribution is -0.907. The lowest BCUT2D eigenvalue weighted by Gasteiger charge is -2.34. The van der Waals surface area contributed by atoms with Gasteiger partial charge in [-0.2, -0.15) is 26.3 Å². The second-order valence-electron chi connectivity index (χ2n) is 11.3. The normalized spacial score (nSPS) is 13.8. The van der Waals surface area contributed by atoms with Crippen molar-refractivity contribution in [2.75, 3.05) is 45.1 Å². The minimum Gasteiger partial charge on any atom is -0.343 e. The SMILES string of the molecule is C[N+](CCN)(CCN)CCC[C@H](N)C(=O)N[C@H](Cc1ccc(C(F)(F)F)cc1)C(=O)Nc1cnc2cc(Cl)c(C(F)(F)F)cc2c1. The molecule has 0 aliphatic heterocycles. The number of hydrogen-bond acceptors (Lipinski definition) is 6. The molecule has 0 aliphatic carbocycles. The van der Waals surface area contributed by atoms with Gasteiger partial charge in [-0.1, -0.05) is 23.7 Å². The first-order valence-corrected chi connectivity index (χ1v) is 14.8. The van der Waals surface area contributed by atoms with Gasteiger partial charge in [-0.05, 0) is 48.7 Å². The Hall–Kier alpha value is -3.50. The minimum absolute atomic E-state index is 0.0146. The zero-order valence-electron chi connectivity index (χ0n) is 25.0. The first kappa shape index (κ1) is 37.0. The van der Waals surface area contributed by atoms with Crippen LogP contribution in [-0.4, -0.2) is 73.1 Å². The molecule has 2 aromatic carbocycles. The highest BCUT2D eigenvalue weighted by atomic mass is 35.5. The van der Waals surface area contributed by atoms with Gasteiger partial charge in [-0.25, -0.2) is 0 Å². The summed E-state index contributed by atoms with van der Waals surface area (Å²) in [6.07, 6.45) is -7.50. The zero-order chi connectivity index (χ0) is 34.3. The molecule has 46 heavy (non-hydrogen) atoms. The van der Waals surface area contributed by atoms with Crippen molar-refractivity contribution in [2.45, 2.75) is 43.7 Å². The van der Waals surface area contributed by atoms with Crippen LogP contribution in [0, 0.1) is 0 Å². The molecule has 16 heteroatoms. The van der Waals surface area contributed by atoms with Gasteiger partial charge >= 0.3 is 12.4 Å². The van der Waals surface area contributed by atoms with Crippen LogP contribution in [-0.2, 0) is 28.4 Å². The zero-order valence-corrected chi connectivity index (χ0v) is 25.8. The summed E-state index contributed by atoms with van der Waals surface area (Å²) < 4.78 is 80.0. The van der Waals surface area contributed by atoms with Crippen molar-refractivity contribution in [3.05, 3.63) is 70.4 Å². The second-order valence-corrected chi connectivity index (χ2v) is 11.7. The third kappa shape index (κ3) is 10.3. The number of anilines is 1. The summed E-state index contributed by atoms with van der Waals surface area (Å²) in [4.78, 5) is 30.6. The van der Waals surface area contributed by atoms with Crippen LogP contribution in [0.15, 0.2) is 48.7 Å². The lowest BCUT2D eigenvalue weighted by Crippen LogP contribution is -2.52. The molecule has 0 unspecified atom stereocenters. The number of hydrogen-bond donors (Lipinski definition) is 5. The second kappa shape index (κ2) is 15.4. The Balaban J connectivity index is 1.80. The third-order valence-corrected chi connectivity index (χ3v) is 7.90. The van der Waals surface area contributed by atoms with Gasteiger partial charge in [0.2, 0.25) is 11.8 Å². The van der Waals surface area contributed by atoms with Crippen molar-refractivity contribution in [1.29, 1.82) is 0 Å². The maximum Gasteiger partial charge on any atom is 0.417 e. The first-order chi connectivity index (χ1) is 21.5. The van der Waals surface area contributed by atoms with E-state index >= 15 is 0 Å². The number of halogens is 7. The van der Waals surface area contributed by atoms with E-state index < -0.39 is 52.4 Å². The molecule has 0 fully saturated rings. The van der Waals surface area contributed by atoms with Gasteiger partial charge in [0, 0.05) is 24.9 Å². The first-order valence-electron chi connectivity index (χ1n) is 14.4. The predicted octanol–water partition coefficient (Wildman–Crippen LogP) is 4.06. The maximum absolute atomic E-state index is 13.4. The molecule has 1 aromatic heterocycles. The molecule has 2 atom stereocenters. The highest BCUT2D eigenvalue weighted by molar-refractivity contribution is 6.32. The quantitative estimate of drug-likeness (QED) is 0.128.